The molecule has 0 aromatic rings. The first-order chi connectivity index (χ1) is 10.2. The van der Waals surface area contributed by atoms with Gasteiger partial charge in [-0.3, -0.25) is 4.79 Å². The molecule has 0 aliphatic rings. The van der Waals surface area contributed by atoms with E-state index in [9.17, 15) is 35.2 Å². The van der Waals surface area contributed by atoms with Gasteiger partial charge < -0.3 is 9.47 Å². The highest BCUT2D eigenvalue weighted by Gasteiger charge is 2.55. The summed E-state index contributed by atoms with van der Waals surface area (Å²) in [6.07, 6.45) is 0.798. The zero-order valence-corrected chi connectivity index (χ0v) is 14.2. The Balaban J connectivity index is 4.64. The van der Waals surface area contributed by atoms with Crippen LogP contribution in [0.4, 0.5) is 8.78 Å². The van der Waals surface area contributed by atoms with Gasteiger partial charge in [0.15, 0.2) is 0 Å². The topological polar surface area (TPSA) is 133 Å². The third-order valence-electron chi connectivity index (χ3n) is 2.41. The first-order valence-corrected chi connectivity index (χ1v) is 9.57. The van der Waals surface area contributed by atoms with Crippen molar-refractivity contribution in [1.29, 1.82) is 0 Å². The molecule has 0 rings (SSSR count). The molecule has 13 heteroatoms. The minimum atomic E-state index is -5.84. The fraction of sp³-hybridized carbons (Fsp3) is 0.800. The zero-order valence-electron chi connectivity index (χ0n) is 12.5. The monoisotopic (exact) mass is 381 g/mol. The van der Waals surface area contributed by atoms with Gasteiger partial charge in [0.2, 0.25) is 10.0 Å². The first-order valence-electron chi connectivity index (χ1n) is 6.19. The van der Waals surface area contributed by atoms with Gasteiger partial charge in [0.1, 0.15) is 13.2 Å². The Hall–Kier alpha value is -1.34. The summed E-state index contributed by atoms with van der Waals surface area (Å²) in [6, 6.07) is 0. The quantitative estimate of drug-likeness (QED) is 0.421. The fourth-order valence-corrected chi connectivity index (χ4v) is 3.32. The van der Waals surface area contributed by atoms with E-state index in [1.54, 1.807) is 13.8 Å². The van der Waals surface area contributed by atoms with Crippen molar-refractivity contribution in [2.24, 2.45) is 5.92 Å². The van der Waals surface area contributed by atoms with Crippen molar-refractivity contribution in [3.05, 3.63) is 0 Å². The number of ether oxygens (including phenoxy) is 2. The number of esters is 2. The molecule has 0 heterocycles. The maximum absolute atomic E-state index is 13.4. The second-order valence-corrected chi connectivity index (χ2v) is 8.22. The maximum atomic E-state index is 13.4. The molecule has 0 saturated heterocycles. The van der Waals surface area contributed by atoms with Gasteiger partial charge in [-0.25, -0.2) is 21.6 Å². The number of carbonyl (C=O) groups excluding carboxylic acids is 2. The SMILES string of the molecule is CCC(C)C(=O)OCCOC(=O)C(F)(F)S(=O)(=O)NS(C)(=O)=O. The highest BCUT2D eigenvalue weighted by molar-refractivity contribution is 8.05. The summed E-state index contributed by atoms with van der Waals surface area (Å²) in [5.41, 5.74) is 0. The van der Waals surface area contributed by atoms with Gasteiger partial charge in [-0.05, 0) is 6.42 Å². The van der Waals surface area contributed by atoms with E-state index in [1.807, 2.05) is 0 Å². The Morgan fingerprint density at radius 1 is 1.13 bits per heavy atom. The summed E-state index contributed by atoms with van der Waals surface area (Å²) in [7, 11) is -10.4. The van der Waals surface area contributed by atoms with E-state index >= 15 is 0 Å². The van der Waals surface area contributed by atoms with Gasteiger partial charge in [0.25, 0.3) is 0 Å². The van der Waals surface area contributed by atoms with Gasteiger partial charge in [0.05, 0.1) is 12.2 Å². The van der Waals surface area contributed by atoms with Crippen molar-refractivity contribution in [2.45, 2.75) is 25.5 Å². The third-order valence-corrected chi connectivity index (χ3v) is 5.34. The van der Waals surface area contributed by atoms with E-state index in [0.29, 0.717) is 16.8 Å². The number of halogens is 2. The fourth-order valence-electron chi connectivity index (χ4n) is 1.03. The highest BCUT2D eigenvalue weighted by Crippen LogP contribution is 2.23. The van der Waals surface area contributed by atoms with Crippen LogP contribution in [0.15, 0.2) is 0 Å². The molecule has 0 aromatic carbocycles. The van der Waals surface area contributed by atoms with E-state index in [0.717, 1.165) is 0 Å². The lowest BCUT2D eigenvalue weighted by Crippen LogP contribution is -2.48. The summed E-state index contributed by atoms with van der Waals surface area (Å²) in [5.74, 6) is -3.57. The Bertz CT molecular complexity index is 644. The van der Waals surface area contributed by atoms with E-state index in [4.69, 9.17) is 0 Å². The molecule has 1 unspecified atom stereocenters. The van der Waals surface area contributed by atoms with Crippen LogP contribution in [0.1, 0.15) is 20.3 Å². The third kappa shape index (κ3) is 6.74. The van der Waals surface area contributed by atoms with Crippen LogP contribution >= 0.6 is 0 Å². The Morgan fingerprint density at radius 3 is 2.04 bits per heavy atom. The lowest BCUT2D eigenvalue weighted by atomic mass is 10.1. The summed E-state index contributed by atoms with van der Waals surface area (Å²) in [6.45, 7) is 1.91. The van der Waals surface area contributed by atoms with Crippen molar-refractivity contribution >= 4 is 32.0 Å². The van der Waals surface area contributed by atoms with Crippen LogP contribution in [0, 0.1) is 5.92 Å². The molecule has 9 nitrogen and oxygen atoms in total. The Kier molecular flexibility index (Phi) is 7.50. The summed E-state index contributed by atoms with van der Waals surface area (Å²) in [5, 5.41) is -5.13. The highest BCUT2D eigenvalue weighted by atomic mass is 32.3. The zero-order chi connectivity index (χ0) is 18.5. The molecular formula is C10H17F2NO8S2. The first kappa shape index (κ1) is 21.7. The second-order valence-electron chi connectivity index (χ2n) is 4.49. The molecule has 0 bridgehead atoms. The van der Waals surface area contributed by atoms with Crippen LogP contribution in [0.2, 0.25) is 0 Å². The molecule has 23 heavy (non-hydrogen) atoms. The second kappa shape index (κ2) is 7.97. The molecule has 0 saturated carbocycles. The average molecular weight is 381 g/mol. The summed E-state index contributed by atoms with van der Waals surface area (Å²) >= 11 is 0. The van der Waals surface area contributed by atoms with Crippen molar-refractivity contribution in [3.8, 4) is 0 Å². The molecular weight excluding hydrogens is 364 g/mol. The van der Waals surface area contributed by atoms with E-state index in [1.165, 1.54) is 0 Å². The van der Waals surface area contributed by atoms with E-state index in [2.05, 4.69) is 9.47 Å². The molecule has 0 spiro atoms. The molecule has 0 aliphatic carbocycles. The van der Waals surface area contributed by atoms with Crippen molar-refractivity contribution in [3.63, 3.8) is 0 Å². The number of nitrogens with one attached hydrogen (secondary N) is 1. The molecule has 0 aromatic heterocycles. The summed E-state index contributed by atoms with van der Waals surface area (Å²) in [4.78, 5) is 22.4. The van der Waals surface area contributed by atoms with Gasteiger partial charge in [-0.1, -0.05) is 13.8 Å². The minimum absolute atomic E-state index is 0.320. The molecule has 1 atom stereocenters. The lowest BCUT2D eigenvalue weighted by molar-refractivity contribution is -0.165. The largest absolute Gasteiger partial charge is 0.462 e. The van der Waals surface area contributed by atoms with Crippen molar-refractivity contribution in [1.82, 2.24) is 4.13 Å². The number of hydrogen-bond acceptors (Lipinski definition) is 8. The Labute approximate surface area is 132 Å². The standard InChI is InChI=1S/C10H17F2NO8S2/c1-4-7(2)8(14)20-5-6-21-9(15)10(11,12)23(18,19)13-22(3,16)17/h7,13H,4-6H2,1-3H3. The van der Waals surface area contributed by atoms with Crippen LogP contribution in [0.3, 0.4) is 0 Å². The van der Waals surface area contributed by atoms with E-state index < -0.39 is 56.4 Å². The van der Waals surface area contributed by atoms with Gasteiger partial charge in [-0.15, -0.1) is 4.13 Å². The number of carbonyl (C=O) groups is 2. The van der Waals surface area contributed by atoms with Crippen LogP contribution in [-0.2, 0) is 39.1 Å². The van der Waals surface area contributed by atoms with Crippen LogP contribution in [0.5, 0.6) is 0 Å². The molecule has 136 valence electrons. The molecule has 0 amide bonds. The molecule has 0 radical (unpaired) electrons. The molecule has 1 N–H and O–H groups in total. The summed E-state index contributed by atoms with van der Waals surface area (Å²) < 4.78 is 79.8. The predicted molar refractivity (Wildman–Crippen MR) is 73.2 cm³/mol. The average Bonchev–Trinajstić information content (AvgIpc) is 2.39. The van der Waals surface area contributed by atoms with Crippen molar-refractivity contribution < 1.29 is 44.7 Å². The van der Waals surface area contributed by atoms with Crippen LogP contribution < -0.4 is 4.13 Å². The molecule has 0 fully saturated rings. The smallest absolute Gasteiger partial charge is 0.455 e. The Morgan fingerprint density at radius 2 is 1.61 bits per heavy atom. The number of hydrogen-bond donors (Lipinski definition) is 1. The van der Waals surface area contributed by atoms with Gasteiger partial charge >= 0.3 is 27.2 Å². The van der Waals surface area contributed by atoms with Crippen molar-refractivity contribution in [2.75, 3.05) is 19.5 Å². The number of sulfonamides is 2. The van der Waals surface area contributed by atoms with Gasteiger partial charge in [0, 0.05) is 0 Å². The number of rotatable bonds is 9. The lowest BCUT2D eigenvalue weighted by Gasteiger charge is -2.15. The van der Waals surface area contributed by atoms with Gasteiger partial charge in [-0.2, -0.15) is 8.78 Å². The van der Waals surface area contributed by atoms with E-state index in [-0.39, 0.29) is 0 Å². The maximum Gasteiger partial charge on any atom is 0.455 e. The number of alkyl halides is 2. The molecule has 0 aliphatic heterocycles. The normalized spacial score (nSPS) is 14.1. The van der Waals surface area contributed by atoms with Crippen LogP contribution in [0.25, 0.3) is 0 Å². The predicted octanol–water partition coefficient (Wildman–Crippen LogP) is -0.409. The minimum Gasteiger partial charge on any atom is -0.462 e. The van der Waals surface area contributed by atoms with Crippen LogP contribution in [-0.4, -0.2) is 53.5 Å².